The number of para-hydroxylation sites is 2. The van der Waals surface area contributed by atoms with Gasteiger partial charge in [-0.1, -0.05) is 64.1 Å². The van der Waals surface area contributed by atoms with Crippen LogP contribution in [0.4, 0.5) is 0 Å². The van der Waals surface area contributed by atoms with Crippen molar-refractivity contribution in [2.75, 3.05) is 26.2 Å². The number of hydrogen-bond acceptors (Lipinski definition) is 2. The summed E-state index contributed by atoms with van der Waals surface area (Å²) in [6.07, 6.45) is 4.64. The molecule has 0 saturated carbocycles. The fraction of sp³-hybridized carbons (Fsp3) is 0.333. The Labute approximate surface area is 175 Å². The molecule has 0 aliphatic heterocycles. The number of nitrogens with zero attached hydrogens (tertiary/aromatic N) is 4. The lowest BCUT2D eigenvalue weighted by atomic mass is 10.3. The molecule has 4 rings (SSSR count). The Bertz CT molecular complexity index is 1000. The van der Waals surface area contributed by atoms with Gasteiger partial charge in [-0.25, -0.2) is 0 Å². The van der Waals surface area contributed by atoms with Crippen LogP contribution in [0.1, 0.15) is 27.7 Å². The van der Waals surface area contributed by atoms with Crippen molar-refractivity contribution in [2.24, 2.45) is 0 Å². The zero-order valence-corrected chi connectivity index (χ0v) is 19.0. The van der Waals surface area contributed by atoms with Crippen LogP contribution >= 0.6 is 0 Å². The van der Waals surface area contributed by atoms with Gasteiger partial charge in [0.2, 0.25) is 0 Å². The van der Waals surface area contributed by atoms with Gasteiger partial charge in [-0.15, -0.1) is 0 Å². The molecule has 0 unspecified atom stereocenters. The molecule has 2 heterocycles. The first-order chi connectivity index (χ1) is 14.2. The molecular weight excluding hydrogens is 372 g/mol. The van der Waals surface area contributed by atoms with Crippen molar-refractivity contribution >= 4 is 30.5 Å². The lowest BCUT2D eigenvalue weighted by Gasteiger charge is -2.48. The highest BCUT2D eigenvalue weighted by atomic mass is 28.4. The largest absolute Gasteiger partial charge is 0.447 e. The lowest BCUT2D eigenvalue weighted by Crippen LogP contribution is -2.74. The Morgan fingerprint density at radius 1 is 0.586 bits per heavy atom. The van der Waals surface area contributed by atoms with E-state index < -0.39 is 8.72 Å². The molecule has 0 radical (unpaired) electrons. The van der Waals surface area contributed by atoms with Gasteiger partial charge in [0.1, 0.15) is 0 Å². The fourth-order valence-electron chi connectivity index (χ4n) is 4.91. The first kappa shape index (κ1) is 20.0. The van der Waals surface area contributed by atoms with E-state index in [1.54, 1.807) is 0 Å². The van der Waals surface area contributed by atoms with Crippen molar-refractivity contribution < 1.29 is 0 Å². The highest BCUT2D eigenvalue weighted by molar-refractivity contribution is 6.73. The summed E-state index contributed by atoms with van der Waals surface area (Å²) in [6.45, 7) is 13.2. The van der Waals surface area contributed by atoms with Crippen molar-refractivity contribution in [3.05, 3.63) is 73.1 Å². The van der Waals surface area contributed by atoms with Crippen LogP contribution in [0.3, 0.4) is 0 Å². The maximum absolute atomic E-state index is 2.71. The Balaban J connectivity index is 2.14. The van der Waals surface area contributed by atoms with Gasteiger partial charge in [-0.3, -0.25) is 9.13 Å². The normalized spacial score (nSPS) is 12.6. The third-order valence-corrected chi connectivity index (χ3v) is 11.3. The van der Waals surface area contributed by atoms with E-state index in [1.165, 1.54) is 21.8 Å². The second kappa shape index (κ2) is 8.18. The third-order valence-electron chi connectivity index (χ3n) is 6.22. The van der Waals surface area contributed by atoms with Gasteiger partial charge in [0.05, 0.1) is 0 Å². The first-order valence-corrected chi connectivity index (χ1v) is 12.6. The molecule has 0 atom stereocenters. The minimum Gasteiger partial charge on any atom is -0.331 e. The van der Waals surface area contributed by atoms with Crippen molar-refractivity contribution in [1.82, 2.24) is 17.6 Å². The molecule has 0 fully saturated rings. The van der Waals surface area contributed by atoms with E-state index in [2.05, 4.69) is 118 Å². The molecule has 5 heteroatoms. The topological polar surface area (TPSA) is 16.3 Å². The monoisotopic (exact) mass is 404 g/mol. The second-order valence-electron chi connectivity index (χ2n) is 7.43. The Hall–Kier alpha value is -2.34. The molecule has 2 aromatic heterocycles. The van der Waals surface area contributed by atoms with Crippen molar-refractivity contribution in [3.8, 4) is 0 Å². The van der Waals surface area contributed by atoms with Gasteiger partial charge in [-0.2, -0.15) is 0 Å². The molecule has 29 heavy (non-hydrogen) atoms. The molecule has 0 aliphatic rings. The SMILES string of the molecule is CCN(CC)[Si](N(CC)CC)(n1ccc2ccccc21)n1ccc2ccccc21. The standard InChI is InChI=1S/C24H32N4Si/c1-5-25(6-2)29(26(7-3)8-4,27-19-17-21-13-9-11-15-23(21)27)28-20-18-22-14-10-12-16-24(22)28/h9-20H,5-8H2,1-4H3. The van der Waals surface area contributed by atoms with Crippen LogP contribution in [0.15, 0.2) is 73.1 Å². The zero-order valence-electron chi connectivity index (χ0n) is 18.0. The zero-order chi connectivity index (χ0) is 20.4. The van der Waals surface area contributed by atoms with E-state index in [9.17, 15) is 0 Å². The van der Waals surface area contributed by atoms with E-state index in [4.69, 9.17) is 0 Å². The first-order valence-electron chi connectivity index (χ1n) is 10.9. The Morgan fingerprint density at radius 2 is 0.966 bits per heavy atom. The summed E-state index contributed by atoms with van der Waals surface area (Å²) >= 11 is 0. The maximum Gasteiger partial charge on any atom is 0.447 e. The number of fused-ring (bicyclic) bond motifs is 2. The summed E-state index contributed by atoms with van der Waals surface area (Å²) in [5.41, 5.74) is 2.63. The number of aromatic nitrogens is 2. The van der Waals surface area contributed by atoms with Crippen molar-refractivity contribution in [2.45, 2.75) is 27.7 Å². The van der Waals surface area contributed by atoms with E-state index in [1.807, 2.05) is 0 Å². The molecular formula is C24H32N4Si. The van der Waals surface area contributed by atoms with Gasteiger partial charge in [0.25, 0.3) is 0 Å². The van der Waals surface area contributed by atoms with E-state index in [0.717, 1.165) is 26.2 Å². The Morgan fingerprint density at radius 3 is 1.34 bits per heavy atom. The lowest BCUT2D eigenvalue weighted by molar-refractivity contribution is 0.329. The second-order valence-corrected chi connectivity index (χ2v) is 10.9. The predicted octanol–water partition coefficient (Wildman–Crippen LogP) is 5.11. The van der Waals surface area contributed by atoms with Crippen LogP contribution in [0.2, 0.25) is 0 Å². The van der Waals surface area contributed by atoms with Crippen LogP contribution < -0.4 is 0 Å². The summed E-state index contributed by atoms with van der Waals surface area (Å²) in [5, 5.41) is 2.61. The molecule has 152 valence electrons. The van der Waals surface area contributed by atoms with Gasteiger partial charge in [0, 0.05) is 23.4 Å². The summed E-state index contributed by atoms with van der Waals surface area (Å²) < 4.78 is 10.6. The average molecular weight is 405 g/mol. The van der Waals surface area contributed by atoms with Crippen LogP contribution in [0.5, 0.6) is 0 Å². The summed E-state index contributed by atoms with van der Waals surface area (Å²) in [7, 11) is -2.53. The summed E-state index contributed by atoms with van der Waals surface area (Å²) in [4.78, 5) is 0. The number of hydrogen-bond donors (Lipinski definition) is 0. The maximum atomic E-state index is 2.71. The Kier molecular flexibility index (Phi) is 5.63. The van der Waals surface area contributed by atoms with Crippen LogP contribution in [-0.2, 0) is 0 Å². The smallest absolute Gasteiger partial charge is 0.331 e. The van der Waals surface area contributed by atoms with Gasteiger partial charge < -0.3 is 8.47 Å². The molecule has 0 spiro atoms. The molecule has 2 aromatic carbocycles. The average Bonchev–Trinajstić information content (AvgIpc) is 3.39. The molecule has 4 aromatic rings. The van der Waals surface area contributed by atoms with E-state index in [-0.39, 0.29) is 0 Å². The predicted molar refractivity (Wildman–Crippen MR) is 126 cm³/mol. The number of rotatable bonds is 8. The van der Waals surface area contributed by atoms with Crippen molar-refractivity contribution in [3.63, 3.8) is 0 Å². The minimum atomic E-state index is -2.53. The molecule has 0 amide bonds. The molecule has 0 aliphatic carbocycles. The van der Waals surface area contributed by atoms with Crippen LogP contribution in [-0.4, -0.2) is 52.5 Å². The van der Waals surface area contributed by atoms with Gasteiger partial charge >= 0.3 is 8.72 Å². The molecule has 0 N–H and O–H groups in total. The van der Waals surface area contributed by atoms with E-state index in [0.29, 0.717) is 0 Å². The summed E-state index contributed by atoms with van der Waals surface area (Å²) in [5.74, 6) is 0. The highest BCUT2D eigenvalue weighted by Gasteiger charge is 2.50. The van der Waals surface area contributed by atoms with Crippen molar-refractivity contribution in [1.29, 1.82) is 0 Å². The molecule has 4 nitrogen and oxygen atoms in total. The third kappa shape index (κ3) is 2.96. The molecule has 0 saturated heterocycles. The molecule has 0 bridgehead atoms. The van der Waals surface area contributed by atoms with E-state index >= 15 is 0 Å². The van der Waals surface area contributed by atoms with Crippen LogP contribution in [0, 0.1) is 0 Å². The fourth-order valence-corrected chi connectivity index (χ4v) is 10.1. The highest BCUT2D eigenvalue weighted by Crippen LogP contribution is 2.30. The van der Waals surface area contributed by atoms with Gasteiger partial charge in [-0.05, 0) is 61.2 Å². The quantitative estimate of drug-likeness (QED) is 0.379. The minimum absolute atomic E-state index is 1.01. The van der Waals surface area contributed by atoms with Crippen LogP contribution in [0.25, 0.3) is 21.8 Å². The summed E-state index contributed by atoms with van der Waals surface area (Å²) in [6, 6.07) is 22.1. The number of benzene rings is 2. The van der Waals surface area contributed by atoms with Gasteiger partial charge in [0.15, 0.2) is 0 Å².